The quantitative estimate of drug-likeness (QED) is 0.475. The number of hydrogen-bond donors (Lipinski definition) is 2. The Kier molecular flexibility index (Phi) is 7.14. The SMILES string of the molecule is C=CC(=O)N1CCN(c2nc(OCCC)nc3c2CCN(c2cc(O)cc4ccccc24)C3)C(CO)C1. The van der Waals surface area contributed by atoms with Crippen LogP contribution >= 0.6 is 0 Å². The second kappa shape index (κ2) is 10.6. The van der Waals surface area contributed by atoms with Crippen LogP contribution in [0.4, 0.5) is 11.5 Å². The number of rotatable bonds is 7. The van der Waals surface area contributed by atoms with E-state index in [9.17, 15) is 15.0 Å². The van der Waals surface area contributed by atoms with Gasteiger partial charge in [-0.2, -0.15) is 9.97 Å². The van der Waals surface area contributed by atoms with Crippen molar-refractivity contribution in [3.63, 3.8) is 0 Å². The number of anilines is 2. The number of benzene rings is 2. The van der Waals surface area contributed by atoms with E-state index in [2.05, 4.69) is 22.4 Å². The molecule has 37 heavy (non-hydrogen) atoms. The first-order chi connectivity index (χ1) is 18.0. The fourth-order valence-corrected chi connectivity index (χ4v) is 5.25. The van der Waals surface area contributed by atoms with Crippen LogP contribution in [-0.2, 0) is 17.8 Å². The fraction of sp³-hybridized carbons (Fsp3) is 0.393. The van der Waals surface area contributed by atoms with Gasteiger partial charge in [0.05, 0.1) is 31.5 Å². The summed E-state index contributed by atoms with van der Waals surface area (Å²) < 4.78 is 5.88. The zero-order valence-corrected chi connectivity index (χ0v) is 21.1. The first-order valence-electron chi connectivity index (χ1n) is 12.8. The summed E-state index contributed by atoms with van der Waals surface area (Å²) in [4.78, 5) is 27.8. The maximum absolute atomic E-state index is 12.2. The highest BCUT2D eigenvalue weighted by molar-refractivity contribution is 5.95. The van der Waals surface area contributed by atoms with Crippen molar-refractivity contribution < 1.29 is 19.7 Å². The highest BCUT2D eigenvalue weighted by atomic mass is 16.5. The maximum Gasteiger partial charge on any atom is 0.318 e. The van der Waals surface area contributed by atoms with Crippen LogP contribution < -0.4 is 14.5 Å². The molecular weight excluding hydrogens is 470 g/mol. The van der Waals surface area contributed by atoms with Crippen LogP contribution in [0.1, 0.15) is 24.6 Å². The molecule has 9 heteroatoms. The minimum absolute atomic E-state index is 0.105. The summed E-state index contributed by atoms with van der Waals surface area (Å²) in [6.45, 7) is 8.75. The minimum atomic E-state index is -0.288. The molecule has 1 atom stereocenters. The van der Waals surface area contributed by atoms with Crippen LogP contribution in [0.5, 0.6) is 11.8 Å². The molecule has 1 saturated heterocycles. The largest absolute Gasteiger partial charge is 0.508 e. The van der Waals surface area contributed by atoms with Crippen LogP contribution in [0.3, 0.4) is 0 Å². The van der Waals surface area contributed by atoms with Gasteiger partial charge in [-0.15, -0.1) is 0 Å². The summed E-state index contributed by atoms with van der Waals surface area (Å²) in [7, 11) is 0. The van der Waals surface area contributed by atoms with Crippen molar-refractivity contribution in [2.24, 2.45) is 0 Å². The molecule has 1 amide bonds. The smallest absolute Gasteiger partial charge is 0.318 e. The number of aromatic nitrogens is 2. The molecule has 0 aliphatic carbocycles. The molecule has 9 nitrogen and oxygen atoms in total. The molecule has 2 N–H and O–H groups in total. The molecule has 194 valence electrons. The lowest BCUT2D eigenvalue weighted by Crippen LogP contribution is -2.56. The van der Waals surface area contributed by atoms with Crippen LogP contribution in [0, 0.1) is 0 Å². The third-order valence-electron chi connectivity index (χ3n) is 7.08. The highest BCUT2D eigenvalue weighted by Crippen LogP contribution is 2.37. The van der Waals surface area contributed by atoms with Gasteiger partial charge in [0.15, 0.2) is 0 Å². The van der Waals surface area contributed by atoms with E-state index in [0.29, 0.717) is 45.2 Å². The van der Waals surface area contributed by atoms with Gasteiger partial charge in [-0.25, -0.2) is 0 Å². The van der Waals surface area contributed by atoms with Crippen molar-refractivity contribution in [1.82, 2.24) is 14.9 Å². The Hall–Kier alpha value is -3.85. The van der Waals surface area contributed by atoms with Crippen LogP contribution in [-0.4, -0.2) is 76.4 Å². The summed E-state index contributed by atoms with van der Waals surface area (Å²) in [5.41, 5.74) is 2.87. The Balaban J connectivity index is 1.51. The summed E-state index contributed by atoms with van der Waals surface area (Å²) in [6, 6.07) is 11.7. The van der Waals surface area contributed by atoms with Crippen LogP contribution in [0.15, 0.2) is 49.1 Å². The highest BCUT2D eigenvalue weighted by Gasteiger charge is 2.33. The van der Waals surface area contributed by atoms with E-state index in [1.807, 2.05) is 31.2 Å². The number of fused-ring (bicyclic) bond motifs is 2. The summed E-state index contributed by atoms with van der Waals surface area (Å²) in [6.07, 6.45) is 2.85. The third kappa shape index (κ3) is 4.91. The van der Waals surface area contributed by atoms with E-state index in [0.717, 1.165) is 46.5 Å². The molecule has 2 aliphatic rings. The van der Waals surface area contributed by atoms with Crippen molar-refractivity contribution in [2.45, 2.75) is 32.4 Å². The van der Waals surface area contributed by atoms with Crippen molar-refractivity contribution in [3.05, 3.63) is 60.3 Å². The van der Waals surface area contributed by atoms with Crippen LogP contribution in [0.2, 0.25) is 0 Å². The Bertz CT molecular complexity index is 1310. The molecule has 1 fully saturated rings. The molecule has 5 rings (SSSR count). The number of hydrogen-bond acceptors (Lipinski definition) is 8. The molecule has 0 radical (unpaired) electrons. The lowest BCUT2D eigenvalue weighted by atomic mass is 10.0. The Morgan fingerprint density at radius 2 is 2.05 bits per heavy atom. The number of aromatic hydroxyl groups is 1. The van der Waals surface area contributed by atoms with Gasteiger partial charge in [0, 0.05) is 48.9 Å². The third-order valence-corrected chi connectivity index (χ3v) is 7.08. The summed E-state index contributed by atoms with van der Waals surface area (Å²) in [5, 5.41) is 22.7. The average Bonchev–Trinajstić information content (AvgIpc) is 2.94. The monoisotopic (exact) mass is 503 g/mol. The van der Waals surface area contributed by atoms with E-state index in [4.69, 9.17) is 14.7 Å². The molecule has 3 heterocycles. The van der Waals surface area contributed by atoms with Crippen molar-refractivity contribution in [1.29, 1.82) is 0 Å². The number of nitrogens with zero attached hydrogens (tertiary/aromatic N) is 5. The number of carbonyl (C=O) groups excluding carboxylic acids is 1. The lowest BCUT2D eigenvalue weighted by molar-refractivity contribution is -0.126. The van der Waals surface area contributed by atoms with E-state index < -0.39 is 0 Å². The lowest BCUT2D eigenvalue weighted by Gasteiger charge is -2.42. The number of phenolic OH excluding ortho intramolecular Hbond substituents is 1. The van der Waals surface area contributed by atoms with Gasteiger partial charge < -0.3 is 29.6 Å². The molecule has 0 spiro atoms. The number of ether oxygens (including phenoxy) is 1. The summed E-state index contributed by atoms with van der Waals surface area (Å²) >= 11 is 0. The first kappa shape index (κ1) is 24.8. The number of piperazine rings is 1. The predicted molar refractivity (Wildman–Crippen MR) is 143 cm³/mol. The van der Waals surface area contributed by atoms with Crippen molar-refractivity contribution in [2.75, 3.05) is 49.2 Å². The van der Waals surface area contributed by atoms with Gasteiger partial charge in [0.1, 0.15) is 11.6 Å². The van der Waals surface area contributed by atoms with E-state index in [-0.39, 0.29) is 24.3 Å². The molecule has 0 saturated carbocycles. The zero-order chi connectivity index (χ0) is 25.9. The van der Waals surface area contributed by atoms with E-state index in [1.165, 1.54) is 6.08 Å². The molecule has 2 aromatic carbocycles. The molecule has 0 bridgehead atoms. The first-order valence-corrected chi connectivity index (χ1v) is 12.8. The van der Waals surface area contributed by atoms with Crippen LogP contribution in [0.25, 0.3) is 10.8 Å². The van der Waals surface area contributed by atoms with Gasteiger partial charge in [0.2, 0.25) is 5.91 Å². The van der Waals surface area contributed by atoms with Crippen molar-refractivity contribution in [3.8, 4) is 11.8 Å². The summed E-state index contributed by atoms with van der Waals surface area (Å²) in [5.74, 6) is 0.859. The molecular formula is C28H33N5O4. The molecule has 3 aromatic rings. The molecule has 1 unspecified atom stereocenters. The predicted octanol–water partition coefficient (Wildman–Crippen LogP) is 2.88. The average molecular weight is 504 g/mol. The number of phenols is 1. The van der Waals surface area contributed by atoms with Gasteiger partial charge in [-0.1, -0.05) is 37.8 Å². The van der Waals surface area contributed by atoms with E-state index in [1.54, 1.807) is 11.0 Å². The van der Waals surface area contributed by atoms with E-state index >= 15 is 0 Å². The maximum atomic E-state index is 12.2. The number of carbonyl (C=O) groups is 1. The normalized spacial score (nSPS) is 17.6. The Morgan fingerprint density at radius 1 is 1.22 bits per heavy atom. The molecule has 2 aliphatic heterocycles. The zero-order valence-electron chi connectivity index (χ0n) is 21.1. The van der Waals surface area contributed by atoms with Gasteiger partial charge >= 0.3 is 6.01 Å². The fourth-order valence-electron chi connectivity index (χ4n) is 5.25. The van der Waals surface area contributed by atoms with Gasteiger partial charge in [-0.05, 0) is 30.4 Å². The standard InChI is InChI=1S/C28H33N5O4/c1-3-13-37-28-29-24-17-31(25-15-21(35)14-19-7-5-6-8-22(19)25)10-9-23(24)27(30-28)33-12-11-32(26(36)4-2)16-20(33)18-34/h4-8,14-15,20,34-35H,2-3,9-13,16-18H2,1H3. The van der Waals surface area contributed by atoms with Gasteiger partial charge in [-0.3, -0.25) is 4.79 Å². The minimum Gasteiger partial charge on any atom is -0.508 e. The Labute approximate surface area is 216 Å². The molecule has 1 aromatic heterocycles. The number of aliphatic hydroxyl groups excluding tert-OH is 1. The number of amides is 1. The second-order valence-corrected chi connectivity index (χ2v) is 9.48. The second-order valence-electron chi connectivity index (χ2n) is 9.48. The van der Waals surface area contributed by atoms with Crippen molar-refractivity contribution >= 4 is 28.2 Å². The topological polar surface area (TPSA) is 102 Å². The number of aliphatic hydroxyl groups is 1. The Morgan fingerprint density at radius 3 is 2.84 bits per heavy atom. The van der Waals surface area contributed by atoms with Gasteiger partial charge in [0.25, 0.3) is 0 Å².